The molecule has 0 saturated carbocycles. The predicted octanol–water partition coefficient (Wildman–Crippen LogP) is 3.05. The van der Waals surface area contributed by atoms with Gasteiger partial charge in [0.25, 0.3) is 0 Å². The van der Waals surface area contributed by atoms with E-state index in [1.807, 2.05) is 17.8 Å². The Morgan fingerprint density at radius 3 is 2.93 bits per heavy atom. The van der Waals surface area contributed by atoms with Crippen LogP contribution in [-0.2, 0) is 5.75 Å². The minimum atomic E-state index is 0.623. The van der Waals surface area contributed by atoms with Crippen LogP contribution in [0, 0.1) is 0 Å². The maximum Gasteiger partial charge on any atom is 0.140 e. The lowest BCUT2D eigenvalue weighted by molar-refractivity contribution is 0.904. The van der Waals surface area contributed by atoms with Gasteiger partial charge in [-0.05, 0) is 18.6 Å². The number of nitrogens with zero attached hydrogens (tertiary/aromatic N) is 1. The van der Waals surface area contributed by atoms with Crippen LogP contribution < -0.4 is 11.3 Å². The molecule has 0 aromatic carbocycles. The number of nitrogens with two attached hydrogens (primary N) is 1. The Kier molecular flexibility index (Phi) is 5.22. The van der Waals surface area contributed by atoms with Crippen molar-refractivity contribution in [1.29, 1.82) is 0 Å². The van der Waals surface area contributed by atoms with Crippen LogP contribution >= 0.6 is 23.4 Å². The lowest BCUT2D eigenvalue weighted by atomic mass is 10.4. The number of halogens is 1. The maximum absolute atomic E-state index is 6.04. The Morgan fingerprint density at radius 2 is 2.33 bits per heavy atom. The van der Waals surface area contributed by atoms with Crippen molar-refractivity contribution in [2.75, 3.05) is 5.43 Å². The van der Waals surface area contributed by atoms with Crippen LogP contribution in [0.5, 0.6) is 0 Å². The second-order valence-corrected chi connectivity index (χ2v) is 5.13. The second kappa shape index (κ2) is 6.20. The van der Waals surface area contributed by atoms with E-state index in [0.29, 0.717) is 16.1 Å². The molecule has 84 valence electrons. The summed E-state index contributed by atoms with van der Waals surface area (Å²) >= 11 is 7.88. The minimum absolute atomic E-state index is 0.623. The Bertz CT molecular complexity index is 320. The van der Waals surface area contributed by atoms with E-state index < -0.39 is 0 Å². The standard InChI is InChI=1S/C10H16ClN3S/c1-3-7(2)15-6-9-8(11)4-5-10(13-9)14-12/h4-5,7H,3,6,12H2,1-2H3,(H,13,14). The monoisotopic (exact) mass is 245 g/mol. The van der Waals surface area contributed by atoms with Gasteiger partial charge >= 0.3 is 0 Å². The number of hydrazine groups is 1. The van der Waals surface area contributed by atoms with Crippen molar-refractivity contribution in [3.8, 4) is 0 Å². The van der Waals surface area contributed by atoms with Crippen molar-refractivity contribution in [3.05, 3.63) is 22.8 Å². The van der Waals surface area contributed by atoms with Crippen LogP contribution in [-0.4, -0.2) is 10.2 Å². The molecule has 1 rings (SSSR count). The molecule has 1 aromatic heterocycles. The van der Waals surface area contributed by atoms with E-state index in [0.717, 1.165) is 17.9 Å². The first kappa shape index (κ1) is 12.6. The Morgan fingerprint density at radius 1 is 1.60 bits per heavy atom. The van der Waals surface area contributed by atoms with Gasteiger partial charge in [-0.3, -0.25) is 0 Å². The number of hydrogen-bond acceptors (Lipinski definition) is 4. The van der Waals surface area contributed by atoms with Crippen LogP contribution in [0.25, 0.3) is 0 Å². The smallest absolute Gasteiger partial charge is 0.140 e. The second-order valence-electron chi connectivity index (χ2n) is 3.30. The van der Waals surface area contributed by atoms with Crippen molar-refractivity contribution in [2.24, 2.45) is 5.84 Å². The first-order chi connectivity index (χ1) is 7.17. The molecule has 5 heteroatoms. The molecule has 0 fully saturated rings. The van der Waals surface area contributed by atoms with Gasteiger partial charge in [0, 0.05) is 11.0 Å². The van der Waals surface area contributed by atoms with Crippen molar-refractivity contribution < 1.29 is 0 Å². The van der Waals surface area contributed by atoms with Gasteiger partial charge in [-0.2, -0.15) is 11.8 Å². The van der Waals surface area contributed by atoms with Crippen LogP contribution in [0.1, 0.15) is 26.0 Å². The maximum atomic E-state index is 6.04. The topological polar surface area (TPSA) is 50.9 Å². The van der Waals surface area contributed by atoms with Crippen LogP contribution in [0.3, 0.4) is 0 Å². The molecule has 0 bridgehead atoms. The Balaban J connectivity index is 2.66. The molecule has 3 N–H and O–H groups in total. The molecule has 0 aliphatic rings. The van der Waals surface area contributed by atoms with Crippen molar-refractivity contribution >= 4 is 29.2 Å². The molecule has 15 heavy (non-hydrogen) atoms. The Hall–Kier alpha value is -0.450. The van der Waals surface area contributed by atoms with Crippen molar-refractivity contribution in [1.82, 2.24) is 4.98 Å². The quantitative estimate of drug-likeness (QED) is 0.619. The molecule has 0 spiro atoms. The number of nitrogens with one attached hydrogen (secondary N) is 1. The van der Waals surface area contributed by atoms with E-state index in [4.69, 9.17) is 17.4 Å². The molecule has 1 aromatic rings. The summed E-state index contributed by atoms with van der Waals surface area (Å²) in [5, 5.41) is 1.32. The van der Waals surface area contributed by atoms with Crippen molar-refractivity contribution in [3.63, 3.8) is 0 Å². The number of nitrogen functional groups attached to an aromatic ring is 1. The van der Waals surface area contributed by atoms with E-state index in [2.05, 4.69) is 24.3 Å². The van der Waals surface area contributed by atoms with Gasteiger partial charge in [0.2, 0.25) is 0 Å². The highest BCUT2D eigenvalue weighted by Crippen LogP contribution is 2.24. The molecule has 0 radical (unpaired) electrons. The van der Waals surface area contributed by atoms with E-state index in [9.17, 15) is 0 Å². The third-order valence-electron chi connectivity index (χ3n) is 2.15. The highest BCUT2D eigenvalue weighted by atomic mass is 35.5. The van der Waals surface area contributed by atoms with Crippen LogP contribution in [0.2, 0.25) is 5.02 Å². The van der Waals surface area contributed by atoms with Crippen LogP contribution in [0.4, 0.5) is 5.82 Å². The van der Waals surface area contributed by atoms with Gasteiger partial charge in [0.05, 0.1) is 10.7 Å². The minimum Gasteiger partial charge on any atom is -0.308 e. The van der Waals surface area contributed by atoms with Crippen LogP contribution in [0.15, 0.2) is 12.1 Å². The molecule has 0 amide bonds. The summed E-state index contributed by atoms with van der Waals surface area (Å²) in [6.07, 6.45) is 1.15. The SMILES string of the molecule is CCC(C)SCc1nc(NN)ccc1Cl. The zero-order chi connectivity index (χ0) is 11.3. The van der Waals surface area contributed by atoms with Crippen molar-refractivity contribution in [2.45, 2.75) is 31.3 Å². The van der Waals surface area contributed by atoms with Gasteiger partial charge in [-0.1, -0.05) is 25.4 Å². The fraction of sp³-hybridized carbons (Fsp3) is 0.500. The number of anilines is 1. The summed E-state index contributed by atoms with van der Waals surface area (Å²) in [5.41, 5.74) is 3.40. The molecule has 0 saturated heterocycles. The third kappa shape index (κ3) is 3.89. The molecular weight excluding hydrogens is 230 g/mol. The highest BCUT2D eigenvalue weighted by molar-refractivity contribution is 7.99. The molecular formula is C10H16ClN3S. The summed E-state index contributed by atoms with van der Waals surface area (Å²) in [5.74, 6) is 6.76. The first-order valence-electron chi connectivity index (χ1n) is 4.91. The molecule has 3 nitrogen and oxygen atoms in total. The Labute approximate surface area is 99.8 Å². The highest BCUT2D eigenvalue weighted by Gasteiger charge is 2.06. The molecule has 0 aliphatic carbocycles. The third-order valence-corrected chi connectivity index (χ3v) is 3.83. The van der Waals surface area contributed by atoms with E-state index in [1.165, 1.54) is 0 Å². The van der Waals surface area contributed by atoms with Gasteiger partial charge < -0.3 is 5.43 Å². The zero-order valence-electron chi connectivity index (χ0n) is 8.96. The molecule has 0 aliphatic heterocycles. The fourth-order valence-electron chi connectivity index (χ4n) is 1.01. The largest absolute Gasteiger partial charge is 0.308 e. The van der Waals surface area contributed by atoms with Gasteiger partial charge in [0.15, 0.2) is 0 Å². The zero-order valence-corrected chi connectivity index (χ0v) is 10.5. The lowest BCUT2D eigenvalue weighted by Gasteiger charge is -2.09. The van der Waals surface area contributed by atoms with Gasteiger partial charge in [0.1, 0.15) is 5.82 Å². The number of thioether (sulfide) groups is 1. The predicted molar refractivity (Wildman–Crippen MR) is 68.1 cm³/mol. The summed E-state index contributed by atoms with van der Waals surface area (Å²) in [4.78, 5) is 4.31. The molecule has 1 unspecified atom stereocenters. The number of rotatable bonds is 5. The summed E-state index contributed by atoms with van der Waals surface area (Å²) < 4.78 is 0. The summed E-state index contributed by atoms with van der Waals surface area (Å²) in [7, 11) is 0. The van der Waals surface area contributed by atoms with Gasteiger partial charge in [-0.15, -0.1) is 0 Å². The number of hydrogen-bond donors (Lipinski definition) is 2. The number of pyridine rings is 1. The van der Waals surface area contributed by atoms with E-state index in [-0.39, 0.29) is 0 Å². The summed E-state index contributed by atoms with van der Waals surface area (Å²) in [6.45, 7) is 4.37. The first-order valence-corrected chi connectivity index (χ1v) is 6.33. The number of aromatic nitrogens is 1. The van der Waals surface area contributed by atoms with E-state index in [1.54, 1.807) is 6.07 Å². The normalized spacial score (nSPS) is 12.5. The molecule has 1 heterocycles. The molecule has 1 atom stereocenters. The lowest BCUT2D eigenvalue weighted by Crippen LogP contribution is -2.09. The van der Waals surface area contributed by atoms with E-state index >= 15 is 0 Å². The average molecular weight is 246 g/mol. The fourth-order valence-corrected chi connectivity index (χ4v) is 2.15. The average Bonchev–Trinajstić information content (AvgIpc) is 2.27. The van der Waals surface area contributed by atoms with Gasteiger partial charge in [-0.25, -0.2) is 10.8 Å². The summed E-state index contributed by atoms with van der Waals surface area (Å²) in [6, 6.07) is 3.58.